The van der Waals surface area contributed by atoms with Crippen molar-refractivity contribution in [1.82, 2.24) is 20.1 Å². The second-order valence-corrected chi connectivity index (χ2v) is 7.00. The first-order valence-corrected chi connectivity index (χ1v) is 9.62. The molecule has 1 heterocycles. The summed E-state index contributed by atoms with van der Waals surface area (Å²) >= 11 is 5.33. The fraction of sp³-hybridized carbons (Fsp3) is 0.286. The molecule has 3 aromatic rings. The van der Waals surface area contributed by atoms with E-state index in [4.69, 9.17) is 21.7 Å². The Labute approximate surface area is 174 Å². The lowest BCUT2D eigenvalue weighted by molar-refractivity contribution is -0.121. The van der Waals surface area contributed by atoms with Crippen LogP contribution in [-0.4, -0.2) is 34.9 Å². The Kier molecular flexibility index (Phi) is 6.66. The summed E-state index contributed by atoms with van der Waals surface area (Å²) in [4.78, 5) is 12.4. The summed E-state index contributed by atoms with van der Waals surface area (Å²) in [6, 6.07) is 13.5. The number of benzene rings is 2. The topological polar surface area (TPSA) is 81.2 Å². The van der Waals surface area contributed by atoms with Crippen molar-refractivity contribution in [1.29, 1.82) is 0 Å². The third-order valence-electron chi connectivity index (χ3n) is 4.53. The van der Waals surface area contributed by atoms with E-state index >= 15 is 0 Å². The molecule has 0 radical (unpaired) electrons. The smallest absolute Gasteiger partial charge is 0.222 e. The maximum Gasteiger partial charge on any atom is 0.222 e. The van der Waals surface area contributed by atoms with Crippen LogP contribution in [0.15, 0.2) is 42.5 Å². The van der Waals surface area contributed by atoms with Crippen LogP contribution < -0.4 is 14.8 Å². The van der Waals surface area contributed by atoms with Gasteiger partial charge in [-0.15, -0.1) is 0 Å². The monoisotopic (exact) mass is 412 g/mol. The number of nitrogens with one attached hydrogen (secondary N) is 2. The molecule has 1 amide bonds. The highest BCUT2D eigenvalue weighted by atomic mass is 32.1. The van der Waals surface area contributed by atoms with E-state index in [1.54, 1.807) is 20.3 Å². The van der Waals surface area contributed by atoms with E-state index in [1.807, 2.05) is 47.9 Å². The molecule has 0 bridgehead atoms. The SMILES string of the molecule is COc1cc(CNC(=O)CCn2c(-c3ccc(C)cc3)n[nH]c2=S)cc(OC)c1. The first-order valence-electron chi connectivity index (χ1n) is 9.21. The van der Waals surface area contributed by atoms with E-state index in [9.17, 15) is 4.79 Å². The maximum atomic E-state index is 12.4. The number of aryl methyl sites for hydroxylation is 1. The van der Waals surface area contributed by atoms with Gasteiger partial charge in [0.05, 0.1) is 14.2 Å². The van der Waals surface area contributed by atoms with E-state index in [1.165, 1.54) is 5.56 Å². The van der Waals surface area contributed by atoms with E-state index in [0.717, 1.165) is 17.0 Å². The lowest BCUT2D eigenvalue weighted by atomic mass is 10.1. The normalized spacial score (nSPS) is 10.6. The molecule has 1 aromatic heterocycles. The number of carbonyl (C=O) groups is 1. The molecule has 0 aliphatic rings. The largest absolute Gasteiger partial charge is 0.497 e. The lowest BCUT2D eigenvalue weighted by Gasteiger charge is -2.10. The Bertz CT molecular complexity index is 1020. The molecule has 152 valence electrons. The molecule has 0 fully saturated rings. The van der Waals surface area contributed by atoms with Gasteiger partial charge in [0.1, 0.15) is 11.5 Å². The summed E-state index contributed by atoms with van der Waals surface area (Å²) in [5, 5.41) is 10.0. The minimum atomic E-state index is -0.0789. The summed E-state index contributed by atoms with van der Waals surface area (Å²) in [6.45, 7) is 2.85. The standard InChI is InChI=1S/C21H24N4O3S/c1-14-4-6-16(7-5-14)20-23-24-21(29)25(20)9-8-19(26)22-13-15-10-17(27-2)12-18(11-15)28-3/h4-7,10-12H,8-9,13H2,1-3H3,(H,22,26)(H,24,29). The van der Waals surface area contributed by atoms with Crippen LogP contribution in [0, 0.1) is 11.7 Å². The molecule has 0 atom stereocenters. The van der Waals surface area contributed by atoms with Crippen LogP contribution in [-0.2, 0) is 17.9 Å². The molecule has 2 aromatic carbocycles. The Morgan fingerprint density at radius 1 is 1.14 bits per heavy atom. The van der Waals surface area contributed by atoms with E-state index in [-0.39, 0.29) is 12.3 Å². The van der Waals surface area contributed by atoms with Gasteiger partial charge in [0.2, 0.25) is 5.91 Å². The van der Waals surface area contributed by atoms with E-state index in [2.05, 4.69) is 15.5 Å². The molecule has 29 heavy (non-hydrogen) atoms. The van der Waals surface area contributed by atoms with Crippen molar-refractivity contribution in [2.45, 2.75) is 26.4 Å². The number of carbonyl (C=O) groups excluding carboxylic acids is 1. The summed E-state index contributed by atoms with van der Waals surface area (Å²) in [5.74, 6) is 2.01. The Hall–Kier alpha value is -3.13. The molecular weight excluding hydrogens is 388 g/mol. The number of H-pyrrole nitrogens is 1. The van der Waals surface area contributed by atoms with Crippen molar-refractivity contribution in [2.24, 2.45) is 0 Å². The highest BCUT2D eigenvalue weighted by Crippen LogP contribution is 2.22. The fourth-order valence-electron chi connectivity index (χ4n) is 2.92. The number of hydrogen-bond donors (Lipinski definition) is 2. The number of hydrogen-bond acceptors (Lipinski definition) is 5. The van der Waals surface area contributed by atoms with Crippen LogP contribution in [0.25, 0.3) is 11.4 Å². The molecule has 0 aliphatic carbocycles. The zero-order chi connectivity index (χ0) is 20.8. The first-order chi connectivity index (χ1) is 14.0. The Morgan fingerprint density at radius 3 is 2.41 bits per heavy atom. The second kappa shape index (κ2) is 9.38. The highest BCUT2D eigenvalue weighted by Gasteiger charge is 2.11. The van der Waals surface area contributed by atoms with Crippen LogP contribution in [0.2, 0.25) is 0 Å². The van der Waals surface area contributed by atoms with E-state index in [0.29, 0.717) is 29.4 Å². The van der Waals surface area contributed by atoms with Crippen molar-refractivity contribution < 1.29 is 14.3 Å². The van der Waals surface area contributed by atoms with Gasteiger partial charge in [-0.1, -0.05) is 29.8 Å². The van der Waals surface area contributed by atoms with Gasteiger partial charge >= 0.3 is 0 Å². The molecule has 0 saturated carbocycles. The quantitative estimate of drug-likeness (QED) is 0.552. The third kappa shape index (κ3) is 5.23. The molecule has 8 heteroatoms. The molecule has 3 rings (SSSR count). The number of amides is 1. The zero-order valence-electron chi connectivity index (χ0n) is 16.7. The van der Waals surface area contributed by atoms with Gasteiger partial charge in [0.15, 0.2) is 10.6 Å². The minimum absolute atomic E-state index is 0.0789. The van der Waals surface area contributed by atoms with Crippen LogP contribution in [0.4, 0.5) is 0 Å². The average molecular weight is 413 g/mol. The van der Waals surface area contributed by atoms with Gasteiger partial charge in [-0.2, -0.15) is 5.10 Å². The van der Waals surface area contributed by atoms with Crippen LogP contribution in [0.1, 0.15) is 17.5 Å². The molecular formula is C21H24N4O3S. The summed E-state index contributed by atoms with van der Waals surface area (Å²) in [7, 11) is 3.19. The molecule has 0 saturated heterocycles. The van der Waals surface area contributed by atoms with Crippen LogP contribution in [0.3, 0.4) is 0 Å². The zero-order valence-corrected chi connectivity index (χ0v) is 17.5. The molecule has 7 nitrogen and oxygen atoms in total. The van der Waals surface area contributed by atoms with Gasteiger partial charge < -0.3 is 14.8 Å². The Balaban J connectivity index is 1.63. The second-order valence-electron chi connectivity index (χ2n) is 6.62. The number of rotatable bonds is 8. The van der Waals surface area contributed by atoms with Gasteiger partial charge in [-0.3, -0.25) is 14.5 Å². The minimum Gasteiger partial charge on any atom is -0.497 e. The van der Waals surface area contributed by atoms with E-state index < -0.39 is 0 Å². The predicted molar refractivity (Wildman–Crippen MR) is 114 cm³/mol. The number of methoxy groups -OCH3 is 2. The van der Waals surface area contributed by atoms with Crippen molar-refractivity contribution in [2.75, 3.05) is 14.2 Å². The van der Waals surface area contributed by atoms with Gasteiger partial charge in [-0.25, -0.2) is 0 Å². The predicted octanol–water partition coefficient (Wildman–Crippen LogP) is 3.64. The number of aromatic amines is 1. The number of aromatic nitrogens is 3. The van der Waals surface area contributed by atoms with Gasteiger partial charge in [0.25, 0.3) is 0 Å². The Morgan fingerprint density at radius 2 is 1.79 bits per heavy atom. The van der Waals surface area contributed by atoms with Crippen LogP contribution >= 0.6 is 12.2 Å². The number of ether oxygens (including phenoxy) is 2. The summed E-state index contributed by atoms with van der Waals surface area (Å²) in [5.41, 5.74) is 3.02. The molecule has 0 unspecified atom stereocenters. The van der Waals surface area contributed by atoms with Crippen LogP contribution in [0.5, 0.6) is 11.5 Å². The average Bonchev–Trinajstić information content (AvgIpc) is 3.11. The van der Waals surface area contributed by atoms with Crippen molar-refractivity contribution in [3.63, 3.8) is 0 Å². The lowest BCUT2D eigenvalue weighted by Crippen LogP contribution is -2.24. The van der Waals surface area contributed by atoms with Gasteiger partial charge in [0, 0.05) is 31.1 Å². The third-order valence-corrected chi connectivity index (χ3v) is 4.84. The maximum absolute atomic E-state index is 12.4. The van der Waals surface area contributed by atoms with Crippen molar-refractivity contribution >= 4 is 18.1 Å². The van der Waals surface area contributed by atoms with Gasteiger partial charge in [-0.05, 0) is 36.8 Å². The van der Waals surface area contributed by atoms with Crippen molar-refractivity contribution in [3.8, 4) is 22.9 Å². The van der Waals surface area contributed by atoms with Crippen molar-refractivity contribution in [3.05, 3.63) is 58.4 Å². The fourth-order valence-corrected chi connectivity index (χ4v) is 3.14. The number of nitrogens with zero attached hydrogens (tertiary/aromatic N) is 2. The molecule has 0 spiro atoms. The summed E-state index contributed by atoms with van der Waals surface area (Å²) in [6.07, 6.45) is 0.286. The molecule has 2 N–H and O–H groups in total. The first kappa shape index (κ1) is 20.6. The highest BCUT2D eigenvalue weighted by molar-refractivity contribution is 7.71. The summed E-state index contributed by atoms with van der Waals surface area (Å²) < 4.78 is 12.8. The molecule has 0 aliphatic heterocycles.